The van der Waals surface area contributed by atoms with Gasteiger partial charge in [0.15, 0.2) is 17.2 Å². The van der Waals surface area contributed by atoms with Crippen molar-refractivity contribution in [1.29, 1.82) is 0 Å². The van der Waals surface area contributed by atoms with Crippen molar-refractivity contribution in [2.24, 2.45) is 0 Å². The molecular weight excluding hydrogens is 412 g/mol. The number of aryl methyl sites for hydroxylation is 1. The monoisotopic (exact) mass is 426 g/mol. The first kappa shape index (κ1) is 19.2. The van der Waals surface area contributed by atoms with Crippen molar-refractivity contribution < 1.29 is 13.9 Å². The SMILES string of the molecule is Cc1csc(NC(=O)COc2ccc3c(=O)c(-c4ccc(Cl)cc4)coc3c2)n1. The first-order valence-electron chi connectivity index (χ1n) is 8.66. The number of benzene rings is 2. The van der Waals surface area contributed by atoms with Gasteiger partial charge in [0.05, 0.1) is 16.6 Å². The van der Waals surface area contributed by atoms with Gasteiger partial charge in [0.25, 0.3) is 5.91 Å². The van der Waals surface area contributed by atoms with Gasteiger partial charge in [-0.25, -0.2) is 4.98 Å². The van der Waals surface area contributed by atoms with Crippen LogP contribution >= 0.6 is 22.9 Å². The fraction of sp³-hybridized carbons (Fsp3) is 0.0952. The molecule has 0 bridgehead atoms. The summed E-state index contributed by atoms with van der Waals surface area (Å²) >= 11 is 7.25. The molecule has 146 valence electrons. The molecule has 8 heteroatoms. The summed E-state index contributed by atoms with van der Waals surface area (Å²) in [6.07, 6.45) is 1.41. The third-order valence-electron chi connectivity index (χ3n) is 4.14. The lowest BCUT2D eigenvalue weighted by molar-refractivity contribution is -0.118. The number of ether oxygens (including phenoxy) is 1. The molecule has 6 nitrogen and oxygen atoms in total. The molecule has 0 unspecified atom stereocenters. The minimum absolute atomic E-state index is 0.156. The summed E-state index contributed by atoms with van der Waals surface area (Å²) in [5.74, 6) is 0.101. The van der Waals surface area contributed by atoms with Crippen molar-refractivity contribution in [3.8, 4) is 16.9 Å². The molecule has 0 spiro atoms. The maximum absolute atomic E-state index is 12.8. The zero-order valence-electron chi connectivity index (χ0n) is 15.3. The Balaban J connectivity index is 1.51. The van der Waals surface area contributed by atoms with Crippen LogP contribution in [0.3, 0.4) is 0 Å². The van der Waals surface area contributed by atoms with E-state index in [-0.39, 0.29) is 17.9 Å². The highest BCUT2D eigenvalue weighted by Crippen LogP contribution is 2.24. The first-order valence-corrected chi connectivity index (χ1v) is 9.91. The summed E-state index contributed by atoms with van der Waals surface area (Å²) in [6.45, 7) is 1.67. The van der Waals surface area contributed by atoms with E-state index in [1.807, 2.05) is 12.3 Å². The molecule has 1 amide bonds. The van der Waals surface area contributed by atoms with Crippen molar-refractivity contribution >= 4 is 44.9 Å². The number of carbonyl (C=O) groups excluding carboxylic acids is 1. The summed E-state index contributed by atoms with van der Waals surface area (Å²) in [5.41, 5.74) is 2.23. The van der Waals surface area contributed by atoms with Crippen LogP contribution in [0.25, 0.3) is 22.1 Å². The topological polar surface area (TPSA) is 81.4 Å². The zero-order valence-corrected chi connectivity index (χ0v) is 16.8. The molecule has 0 saturated heterocycles. The molecule has 0 saturated carbocycles. The van der Waals surface area contributed by atoms with E-state index in [4.69, 9.17) is 20.8 Å². The number of hydrogen-bond donors (Lipinski definition) is 1. The van der Waals surface area contributed by atoms with E-state index in [1.54, 1.807) is 42.5 Å². The van der Waals surface area contributed by atoms with Gasteiger partial charge in [0.2, 0.25) is 0 Å². The zero-order chi connectivity index (χ0) is 20.4. The Hall–Kier alpha value is -3.16. The quantitative estimate of drug-likeness (QED) is 0.491. The normalized spacial score (nSPS) is 10.8. The van der Waals surface area contributed by atoms with Crippen LogP contribution in [0, 0.1) is 6.92 Å². The van der Waals surface area contributed by atoms with Crippen molar-refractivity contribution in [2.45, 2.75) is 6.92 Å². The van der Waals surface area contributed by atoms with Gasteiger partial charge in [-0.1, -0.05) is 23.7 Å². The molecule has 4 aromatic rings. The molecule has 0 aliphatic heterocycles. The lowest BCUT2D eigenvalue weighted by Gasteiger charge is -2.07. The number of thiazole rings is 1. The van der Waals surface area contributed by atoms with Crippen molar-refractivity contribution in [3.05, 3.63) is 75.0 Å². The van der Waals surface area contributed by atoms with Crippen LogP contribution in [0.2, 0.25) is 5.02 Å². The average molecular weight is 427 g/mol. The second-order valence-electron chi connectivity index (χ2n) is 6.27. The lowest BCUT2D eigenvalue weighted by atomic mass is 10.1. The molecule has 2 aromatic carbocycles. The predicted molar refractivity (Wildman–Crippen MR) is 114 cm³/mol. The van der Waals surface area contributed by atoms with Crippen LogP contribution < -0.4 is 15.5 Å². The second kappa shape index (κ2) is 8.06. The molecule has 0 atom stereocenters. The highest BCUT2D eigenvalue weighted by atomic mass is 35.5. The van der Waals surface area contributed by atoms with E-state index in [1.165, 1.54) is 17.6 Å². The Bertz CT molecular complexity index is 1250. The number of rotatable bonds is 5. The largest absolute Gasteiger partial charge is 0.484 e. The van der Waals surface area contributed by atoms with E-state index < -0.39 is 0 Å². The summed E-state index contributed by atoms with van der Waals surface area (Å²) in [6, 6.07) is 11.8. The Labute approximate surface area is 174 Å². The lowest BCUT2D eigenvalue weighted by Crippen LogP contribution is -2.20. The van der Waals surface area contributed by atoms with Gasteiger partial charge in [-0.2, -0.15) is 0 Å². The number of halogens is 1. The van der Waals surface area contributed by atoms with Crippen LogP contribution in [0.5, 0.6) is 5.75 Å². The van der Waals surface area contributed by atoms with Crippen LogP contribution in [-0.2, 0) is 4.79 Å². The second-order valence-corrected chi connectivity index (χ2v) is 7.57. The summed E-state index contributed by atoms with van der Waals surface area (Å²) < 4.78 is 11.1. The number of nitrogens with zero attached hydrogens (tertiary/aromatic N) is 1. The summed E-state index contributed by atoms with van der Waals surface area (Å²) in [7, 11) is 0. The molecule has 0 radical (unpaired) electrons. The van der Waals surface area contributed by atoms with Gasteiger partial charge in [0, 0.05) is 16.5 Å². The first-order chi connectivity index (χ1) is 14.0. The molecular formula is C21H15ClN2O4S. The number of hydrogen-bond acceptors (Lipinski definition) is 6. The number of fused-ring (bicyclic) bond motifs is 1. The van der Waals surface area contributed by atoms with Gasteiger partial charge < -0.3 is 9.15 Å². The van der Waals surface area contributed by atoms with Crippen molar-refractivity contribution in [1.82, 2.24) is 4.98 Å². The maximum Gasteiger partial charge on any atom is 0.264 e. The van der Waals surface area contributed by atoms with Gasteiger partial charge in [-0.05, 0) is 36.8 Å². The van der Waals surface area contributed by atoms with Crippen LogP contribution in [0.4, 0.5) is 5.13 Å². The molecule has 2 aromatic heterocycles. The number of anilines is 1. The fourth-order valence-corrected chi connectivity index (χ4v) is 3.57. The molecule has 1 N–H and O–H groups in total. The fourth-order valence-electron chi connectivity index (χ4n) is 2.74. The third-order valence-corrected chi connectivity index (χ3v) is 5.26. The molecule has 0 aliphatic carbocycles. The Morgan fingerprint density at radius 1 is 1.24 bits per heavy atom. The van der Waals surface area contributed by atoms with Gasteiger partial charge in [-0.15, -0.1) is 11.3 Å². The highest BCUT2D eigenvalue weighted by Gasteiger charge is 2.11. The van der Waals surface area contributed by atoms with Gasteiger partial charge in [0.1, 0.15) is 17.6 Å². The molecule has 4 rings (SSSR count). The number of carbonyl (C=O) groups is 1. The third kappa shape index (κ3) is 4.31. The van der Waals surface area contributed by atoms with E-state index in [0.717, 1.165) is 11.3 Å². The minimum Gasteiger partial charge on any atom is -0.484 e. The van der Waals surface area contributed by atoms with Crippen molar-refractivity contribution in [3.63, 3.8) is 0 Å². The van der Waals surface area contributed by atoms with Gasteiger partial charge in [-0.3, -0.25) is 14.9 Å². The van der Waals surface area contributed by atoms with Crippen LogP contribution in [0.15, 0.2) is 63.3 Å². The predicted octanol–water partition coefficient (Wildman–Crippen LogP) is 4.90. The summed E-state index contributed by atoms with van der Waals surface area (Å²) in [4.78, 5) is 28.9. The van der Waals surface area contributed by atoms with E-state index in [9.17, 15) is 9.59 Å². The smallest absolute Gasteiger partial charge is 0.264 e. The maximum atomic E-state index is 12.8. The number of amides is 1. The van der Waals surface area contributed by atoms with Crippen LogP contribution in [0.1, 0.15) is 5.69 Å². The molecule has 0 aliphatic rings. The van der Waals surface area contributed by atoms with E-state index in [2.05, 4.69) is 10.3 Å². The Morgan fingerprint density at radius 2 is 2.03 bits per heavy atom. The standard InChI is InChI=1S/C21H15ClN2O4S/c1-12-11-29-21(23-12)24-19(25)10-27-15-6-7-16-18(8-15)28-9-17(20(16)26)13-2-4-14(22)5-3-13/h2-9,11H,10H2,1H3,(H,23,24,25). The van der Waals surface area contributed by atoms with E-state index in [0.29, 0.717) is 32.4 Å². The van der Waals surface area contributed by atoms with Gasteiger partial charge >= 0.3 is 0 Å². The molecule has 2 heterocycles. The van der Waals surface area contributed by atoms with Crippen LogP contribution in [-0.4, -0.2) is 17.5 Å². The summed E-state index contributed by atoms with van der Waals surface area (Å²) in [5, 5.41) is 6.06. The number of nitrogens with one attached hydrogen (secondary N) is 1. The Morgan fingerprint density at radius 3 is 2.76 bits per heavy atom. The van der Waals surface area contributed by atoms with Crippen molar-refractivity contribution in [2.75, 3.05) is 11.9 Å². The van der Waals surface area contributed by atoms with E-state index >= 15 is 0 Å². The minimum atomic E-state index is -0.320. The highest BCUT2D eigenvalue weighted by molar-refractivity contribution is 7.13. The average Bonchev–Trinajstić information content (AvgIpc) is 3.12. The Kier molecular flexibility index (Phi) is 5.33. The number of aromatic nitrogens is 1. The molecule has 29 heavy (non-hydrogen) atoms. The molecule has 0 fully saturated rings.